The highest BCUT2D eigenvalue weighted by molar-refractivity contribution is 5.68. The van der Waals surface area contributed by atoms with Crippen LogP contribution in [0.2, 0.25) is 0 Å². The van der Waals surface area contributed by atoms with E-state index in [9.17, 15) is 14.9 Å². The monoisotopic (exact) mass is 239 g/mol. The Hall–Kier alpha value is -1.92. The normalized spacial score (nSPS) is 14.6. The Bertz CT molecular complexity index is 450. The quantitative estimate of drug-likeness (QED) is 0.438. The fourth-order valence-electron chi connectivity index (χ4n) is 1.69. The predicted molar refractivity (Wildman–Crippen MR) is 57.5 cm³/mol. The molecular formula is C10H13N3O4. The number of nitro groups is 1. The van der Waals surface area contributed by atoms with Gasteiger partial charge in [-0.2, -0.15) is 4.68 Å². The molecule has 1 aromatic rings. The molecule has 0 atom stereocenters. The van der Waals surface area contributed by atoms with Crippen molar-refractivity contribution in [3.8, 4) is 0 Å². The van der Waals surface area contributed by atoms with E-state index >= 15 is 0 Å². The van der Waals surface area contributed by atoms with E-state index in [1.54, 1.807) is 4.68 Å². The summed E-state index contributed by atoms with van der Waals surface area (Å²) in [5.41, 5.74) is 0.848. The molecule has 1 aromatic heterocycles. The highest BCUT2D eigenvalue weighted by Gasteiger charge is 2.31. The molecule has 0 spiro atoms. The summed E-state index contributed by atoms with van der Waals surface area (Å²) in [6.45, 7) is 0.326. The second kappa shape index (κ2) is 4.52. The Morgan fingerprint density at radius 1 is 1.71 bits per heavy atom. The molecule has 0 radical (unpaired) electrons. The SMILES string of the molecule is COC(=O)CCn1nc([N+](=O)[O-])cc1C1CC1. The molecule has 0 amide bonds. The number of hydrogen-bond donors (Lipinski definition) is 0. The minimum atomic E-state index is -0.513. The Morgan fingerprint density at radius 3 is 2.94 bits per heavy atom. The highest BCUT2D eigenvalue weighted by atomic mass is 16.6. The Labute approximate surface area is 97.5 Å². The zero-order chi connectivity index (χ0) is 12.4. The molecule has 17 heavy (non-hydrogen) atoms. The van der Waals surface area contributed by atoms with Crippen LogP contribution in [0.5, 0.6) is 0 Å². The first-order valence-electron chi connectivity index (χ1n) is 5.40. The third-order valence-corrected chi connectivity index (χ3v) is 2.74. The molecule has 0 unspecified atom stereocenters. The summed E-state index contributed by atoms with van der Waals surface area (Å²) >= 11 is 0. The summed E-state index contributed by atoms with van der Waals surface area (Å²) in [6.07, 6.45) is 2.23. The van der Waals surface area contributed by atoms with Gasteiger partial charge in [-0.25, -0.2) is 0 Å². The van der Waals surface area contributed by atoms with Gasteiger partial charge in [-0.3, -0.25) is 4.79 Å². The van der Waals surface area contributed by atoms with Crippen molar-refractivity contribution in [1.29, 1.82) is 0 Å². The molecule has 0 aromatic carbocycles. The molecule has 7 heteroatoms. The van der Waals surface area contributed by atoms with E-state index < -0.39 is 4.92 Å². The lowest BCUT2D eigenvalue weighted by Crippen LogP contribution is -2.10. The summed E-state index contributed by atoms with van der Waals surface area (Å²) in [4.78, 5) is 21.2. The summed E-state index contributed by atoms with van der Waals surface area (Å²) in [6, 6.07) is 1.49. The maximum absolute atomic E-state index is 11.0. The van der Waals surface area contributed by atoms with E-state index in [4.69, 9.17) is 0 Å². The van der Waals surface area contributed by atoms with Crippen molar-refractivity contribution in [3.63, 3.8) is 0 Å². The van der Waals surface area contributed by atoms with E-state index in [0.717, 1.165) is 18.5 Å². The van der Waals surface area contributed by atoms with Gasteiger partial charge in [0.1, 0.15) is 0 Å². The topological polar surface area (TPSA) is 87.3 Å². The number of esters is 1. The molecule has 1 saturated carbocycles. The van der Waals surface area contributed by atoms with Crippen molar-refractivity contribution in [1.82, 2.24) is 9.78 Å². The third kappa shape index (κ3) is 2.61. The van der Waals surface area contributed by atoms with Crippen LogP contribution in [-0.2, 0) is 16.1 Å². The number of aromatic nitrogens is 2. The smallest absolute Gasteiger partial charge is 0.390 e. The molecule has 92 valence electrons. The average Bonchev–Trinajstić information content (AvgIpc) is 3.06. The Kier molecular flexibility index (Phi) is 3.08. The summed E-state index contributed by atoms with van der Waals surface area (Å²) in [7, 11) is 1.32. The standard InChI is InChI=1S/C10H13N3O4/c1-17-10(14)4-5-12-8(7-2-3-7)6-9(11-12)13(15)16/h6-7H,2-5H2,1H3. The second-order valence-electron chi connectivity index (χ2n) is 4.01. The largest absolute Gasteiger partial charge is 0.469 e. The van der Waals surface area contributed by atoms with E-state index in [1.165, 1.54) is 13.2 Å². The van der Waals surface area contributed by atoms with Crippen molar-refractivity contribution in [2.45, 2.75) is 31.7 Å². The van der Waals surface area contributed by atoms with E-state index in [0.29, 0.717) is 12.5 Å². The molecule has 0 aliphatic heterocycles. The van der Waals surface area contributed by atoms with Crippen molar-refractivity contribution in [2.24, 2.45) is 0 Å². The van der Waals surface area contributed by atoms with Crippen LogP contribution in [0, 0.1) is 10.1 Å². The molecule has 1 heterocycles. The fraction of sp³-hybridized carbons (Fsp3) is 0.600. The summed E-state index contributed by atoms with van der Waals surface area (Å²) in [5, 5.41) is 14.5. The summed E-state index contributed by atoms with van der Waals surface area (Å²) in [5.74, 6) is -0.143. The van der Waals surface area contributed by atoms with E-state index in [2.05, 4.69) is 9.84 Å². The highest BCUT2D eigenvalue weighted by Crippen LogP contribution is 2.41. The number of rotatable bonds is 5. The van der Waals surface area contributed by atoms with Crippen LogP contribution >= 0.6 is 0 Å². The minimum Gasteiger partial charge on any atom is -0.469 e. The number of aryl methyl sites for hydroxylation is 1. The van der Waals surface area contributed by atoms with E-state index in [1.807, 2.05) is 0 Å². The van der Waals surface area contributed by atoms with Gasteiger partial charge in [0, 0.05) is 5.92 Å². The molecule has 0 bridgehead atoms. The van der Waals surface area contributed by atoms with Crippen molar-refractivity contribution >= 4 is 11.8 Å². The summed E-state index contributed by atoms with van der Waals surface area (Å²) < 4.78 is 6.08. The third-order valence-electron chi connectivity index (χ3n) is 2.74. The number of carbonyl (C=O) groups excluding carboxylic acids is 1. The maximum atomic E-state index is 11.0. The first-order valence-corrected chi connectivity index (χ1v) is 5.40. The molecule has 2 rings (SSSR count). The minimum absolute atomic E-state index is 0.156. The number of hydrogen-bond acceptors (Lipinski definition) is 5. The number of nitrogens with zero attached hydrogens (tertiary/aromatic N) is 3. The van der Waals surface area contributed by atoms with Gasteiger partial charge in [-0.15, -0.1) is 0 Å². The average molecular weight is 239 g/mol. The fourth-order valence-corrected chi connectivity index (χ4v) is 1.69. The molecule has 0 saturated heterocycles. The zero-order valence-corrected chi connectivity index (χ0v) is 9.46. The molecular weight excluding hydrogens is 226 g/mol. The van der Waals surface area contributed by atoms with E-state index in [-0.39, 0.29) is 18.2 Å². The molecule has 1 fully saturated rings. The van der Waals surface area contributed by atoms with Gasteiger partial charge in [0.15, 0.2) is 0 Å². The number of methoxy groups -OCH3 is 1. The van der Waals surface area contributed by atoms with Crippen LogP contribution < -0.4 is 0 Å². The Balaban J connectivity index is 2.13. The molecule has 1 aliphatic rings. The van der Waals surface area contributed by atoms with Crippen molar-refractivity contribution < 1.29 is 14.5 Å². The van der Waals surface area contributed by atoms with Crippen molar-refractivity contribution in [3.05, 3.63) is 21.9 Å². The van der Waals surface area contributed by atoms with Gasteiger partial charge in [0.25, 0.3) is 0 Å². The van der Waals surface area contributed by atoms with Gasteiger partial charge in [0.2, 0.25) is 0 Å². The van der Waals surface area contributed by atoms with Gasteiger partial charge < -0.3 is 14.9 Å². The van der Waals surface area contributed by atoms with Crippen LogP contribution in [0.15, 0.2) is 6.07 Å². The second-order valence-corrected chi connectivity index (χ2v) is 4.01. The van der Waals surface area contributed by atoms with Gasteiger partial charge in [-0.1, -0.05) is 0 Å². The maximum Gasteiger partial charge on any atom is 0.390 e. The zero-order valence-electron chi connectivity index (χ0n) is 9.46. The predicted octanol–water partition coefficient (Wildman–Crippen LogP) is 1.23. The van der Waals surface area contributed by atoms with Gasteiger partial charge in [-0.05, 0) is 17.8 Å². The lowest BCUT2D eigenvalue weighted by atomic mass is 10.3. The lowest BCUT2D eigenvalue weighted by Gasteiger charge is -2.00. The molecule has 1 aliphatic carbocycles. The van der Waals surface area contributed by atoms with Crippen LogP contribution in [0.25, 0.3) is 0 Å². The van der Waals surface area contributed by atoms with Gasteiger partial charge in [0.05, 0.1) is 36.9 Å². The van der Waals surface area contributed by atoms with Crippen LogP contribution in [0.1, 0.15) is 30.9 Å². The van der Waals surface area contributed by atoms with Gasteiger partial charge >= 0.3 is 11.8 Å². The first-order chi connectivity index (χ1) is 8.11. The van der Waals surface area contributed by atoms with Crippen LogP contribution in [0.4, 0.5) is 5.82 Å². The molecule has 7 nitrogen and oxygen atoms in total. The number of ether oxygens (including phenoxy) is 1. The first kappa shape index (κ1) is 11.6. The lowest BCUT2D eigenvalue weighted by molar-refractivity contribution is -0.389. The van der Waals surface area contributed by atoms with Crippen LogP contribution in [-0.4, -0.2) is 27.8 Å². The Morgan fingerprint density at radius 2 is 2.41 bits per heavy atom. The van der Waals surface area contributed by atoms with Crippen molar-refractivity contribution in [2.75, 3.05) is 7.11 Å². The number of carbonyl (C=O) groups is 1. The van der Waals surface area contributed by atoms with Crippen LogP contribution in [0.3, 0.4) is 0 Å². The molecule has 0 N–H and O–H groups in total.